The third kappa shape index (κ3) is 5.28. The molecule has 0 fully saturated rings. The normalized spacial score (nSPS) is 11.7. The van der Waals surface area contributed by atoms with E-state index in [0.717, 1.165) is 37.1 Å². The summed E-state index contributed by atoms with van der Waals surface area (Å²) in [4.78, 5) is 0. The van der Waals surface area contributed by atoms with Crippen LogP contribution in [0, 0.1) is 11.8 Å². The molecular weight excluding hydrogens is 264 g/mol. The first kappa shape index (κ1) is 15.7. The molecule has 21 heavy (non-hydrogen) atoms. The average Bonchev–Trinajstić information content (AvgIpc) is 3.04. The van der Waals surface area contributed by atoms with Gasteiger partial charge in [0.15, 0.2) is 0 Å². The van der Waals surface area contributed by atoms with Gasteiger partial charge in [0, 0.05) is 0 Å². The molecule has 116 valence electrons. The molecule has 0 unspecified atom stereocenters. The van der Waals surface area contributed by atoms with Crippen LogP contribution >= 0.6 is 0 Å². The van der Waals surface area contributed by atoms with Crippen molar-refractivity contribution in [2.75, 3.05) is 0 Å². The van der Waals surface area contributed by atoms with Crippen LogP contribution in [0.2, 0.25) is 0 Å². The van der Waals surface area contributed by atoms with Gasteiger partial charge >= 0.3 is 0 Å². The fourth-order valence-corrected chi connectivity index (χ4v) is 2.07. The van der Waals surface area contributed by atoms with Gasteiger partial charge in [0.25, 0.3) is 0 Å². The molecule has 0 radical (unpaired) electrons. The number of aromatic nitrogens is 6. The summed E-state index contributed by atoms with van der Waals surface area (Å²) in [7, 11) is 0. The van der Waals surface area contributed by atoms with Crippen LogP contribution in [0.25, 0.3) is 0 Å². The Bertz CT molecular complexity index is 492. The molecular formula is C15H26N6. The van der Waals surface area contributed by atoms with Crippen molar-refractivity contribution in [2.24, 2.45) is 11.8 Å². The Morgan fingerprint density at radius 1 is 0.810 bits per heavy atom. The molecule has 2 aromatic rings. The summed E-state index contributed by atoms with van der Waals surface area (Å²) in [6.45, 7) is 9.46. The van der Waals surface area contributed by atoms with E-state index in [1.165, 1.54) is 0 Å². The highest BCUT2D eigenvalue weighted by atomic mass is 15.5. The summed E-state index contributed by atoms with van der Waals surface area (Å²) < 4.78 is 3.63. The lowest BCUT2D eigenvalue weighted by Gasteiger charge is -2.01. The van der Waals surface area contributed by atoms with Gasteiger partial charge in [0.1, 0.15) is 6.67 Å². The summed E-state index contributed by atoms with van der Waals surface area (Å²) in [6, 6.07) is 0. The molecule has 6 heteroatoms. The third-order valence-electron chi connectivity index (χ3n) is 3.42. The Balaban J connectivity index is 1.87. The Kier molecular flexibility index (Phi) is 5.47. The Hall–Kier alpha value is -1.72. The quantitative estimate of drug-likeness (QED) is 0.749. The third-order valence-corrected chi connectivity index (χ3v) is 3.42. The maximum Gasteiger partial charge on any atom is 0.136 e. The highest BCUT2D eigenvalue weighted by Crippen LogP contribution is 2.07. The fourth-order valence-electron chi connectivity index (χ4n) is 2.07. The topological polar surface area (TPSA) is 61.4 Å². The molecule has 2 rings (SSSR count). The number of nitrogens with zero attached hydrogens (tertiary/aromatic N) is 6. The van der Waals surface area contributed by atoms with Gasteiger partial charge in [0.05, 0.1) is 23.8 Å². The highest BCUT2D eigenvalue weighted by Gasteiger charge is 2.05. The summed E-state index contributed by atoms with van der Waals surface area (Å²) >= 11 is 0. The van der Waals surface area contributed by atoms with Crippen molar-refractivity contribution < 1.29 is 0 Å². The molecule has 0 bridgehead atoms. The van der Waals surface area contributed by atoms with Crippen LogP contribution in [0.5, 0.6) is 0 Å². The van der Waals surface area contributed by atoms with Crippen molar-refractivity contribution in [1.29, 1.82) is 0 Å². The second-order valence-electron chi connectivity index (χ2n) is 6.51. The smallest absolute Gasteiger partial charge is 0.136 e. The number of aryl methyl sites for hydroxylation is 2. The number of rotatable bonds is 8. The van der Waals surface area contributed by atoms with E-state index < -0.39 is 0 Å². The lowest BCUT2D eigenvalue weighted by molar-refractivity contribution is 0.478. The van der Waals surface area contributed by atoms with Gasteiger partial charge in [-0.15, -0.1) is 10.2 Å². The lowest BCUT2D eigenvalue weighted by atomic mass is 10.1. The van der Waals surface area contributed by atoms with Crippen LogP contribution in [-0.4, -0.2) is 30.0 Å². The molecule has 0 aliphatic carbocycles. The zero-order valence-corrected chi connectivity index (χ0v) is 13.5. The van der Waals surface area contributed by atoms with Crippen LogP contribution in [0.4, 0.5) is 0 Å². The Morgan fingerprint density at radius 2 is 1.24 bits per heavy atom. The first-order valence-electron chi connectivity index (χ1n) is 7.81. The molecule has 0 saturated carbocycles. The van der Waals surface area contributed by atoms with Gasteiger partial charge in [-0.1, -0.05) is 38.1 Å². The molecule has 0 N–H and O–H groups in total. The van der Waals surface area contributed by atoms with Crippen molar-refractivity contribution in [3.8, 4) is 0 Å². The second-order valence-corrected chi connectivity index (χ2v) is 6.51. The van der Waals surface area contributed by atoms with E-state index in [2.05, 4.69) is 48.3 Å². The molecule has 0 aliphatic rings. The predicted octanol–water partition coefficient (Wildman–Crippen LogP) is 2.55. The zero-order chi connectivity index (χ0) is 15.2. The molecule has 0 spiro atoms. The minimum atomic E-state index is 0.573. The molecule has 0 saturated heterocycles. The van der Waals surface area contributed by atoms with Gasteiger partial charge in [-0.3, -0.25) is 0 Å². The zero-order valence-electron chi connectivity index (χ0n) is 13.5. The van der Waals surface area contributed by atoms with Gasteiger partial charge in [0.2, 0.25) is 0 Å². The lowest BCUT2D eigenvalue weighted by Crippen LogP contribution is -2.09. The van der Waals surface area contributed by atoms with Crippen molar-refractivity contribution in [3.63, 3.8) is 0 Å². The SMILES string of the molecule is CC(C)CCc1cn(Cn2cc(CCC(C)C)nn2)nn1. The number of hydrogen-bond donors (Lipinski definition) is 0. The first-order chi connectivity index (χ1) is 10.0. The van der Waals surface area contributed by atoms with Crippen molar-refractivity contribution in [3.05, 3.63) is 23.8 Å². The Morgan fingerprint density at radius 3 is 1.62 bits per heavy atom. The van der Waals surface area contributed by atoms with Gasteiger partial charge < -0.3 is 0 Å². The largest absolute Gasteiger partial charge is 0.231 e. The van der Waals surface area contributed by atoms with E-state index >= 15 is 0 Å². The average molecular weight is 290 g/mol. The van der Waals surface area contributed by atoms with E-state index in [0.29, 0.717) is 18.5 Å². The van der Waals surface area contributed by atoms with Crippen LogP contribution < -0.4 is 0 Å². The summed E-state index contributed by atoms with van der Waals surface area (Å²) in [5.74, 6) is 1.38. The minimum Gasteiger partial charge on any atom is -0.231 e. The molecule has 2 heterocycles. The van der Waals surface area contributed by atoms with Crippen LogP contribution in [0.15, 0.2) is 12.4 Å². The fraction of sp³-hybridized carbons (Fsp3) is 0.733. The van der Waals surface area contributed by atoms with E-state index in [1.807, 2.05) is 21.8 Å². The summed E-state index contributed by atoms with van der Waals surface area (Å²) in [6.07, 6.45) is 8.24. The van der Waals surface area contributed by atoms with Gasteiger partial charge in [-0.2, -0.15) is 0 Å². The molecule has 0 aliphatic heterocycles. The number of hydrogen-bond acceptors (Lipinski definition) is 4. The summed E-state index contributed by atoms with van der Waals surface area (Å²) in [5.41, 5.74) is 2.09. The molecule has 0 atom stereocenters. The minimum absolute atomic E-state index is 0.573. The standard InChI is InChI=1S/C15H26N6/c1-12(2)5-7-14-9-20(18-16-14)11-21-10-15(17-19-21)8-6-13(3)4/h9-10,12-13H,5-8,11H2,1-4H3. The first-order valence-corrected chi connectivity index (χ1v) is 7.81. The summed E-state index contributed by atoms with van der Waals surface area (Å²) in [5, 5.41) is 16.7. The van der Waals surface area contributed by atoms with Crippen molar-refractivity contribution in [2.45, 2.75) is 60.0 Å². The second kappa shape index (κ2) is 7.33. The molecule has 0 amide bonds. The van der Waals surface area contributed by atoms with Gasteiger partial charge in [-0.05, 0) is 37.5 Å². The van der Waals surface area contributed by atoms with E-state index in [-0.39, 0.29) is 0 Å². The van der Waals surface area contributed by atoms with Crippen molar-refractivity contribution in [1.82, 2.24) is 30.0 Å². The highest BCUT2D eigenvalue weighted by molar-refractivity contribution is 4.94. The van der Waals surface area contributed by atoms with Crippen LogP contribution in [0.3, 0.4) is 0 Å². The maximum atomic E-state index is 4.20. The van der Waals surface area contributed by atoms with E-state index in [1.54, 1.807) is 0 Å². The maximum absolute atomic E-state index is 4.20. The van der Waals surface area contributed by atoms with Gasteiger partial charge in [-0.25, -0.2) is 9.36 Å². The molecule has 6 nitrogen and oxygen atoms in total. The Labute approximate surface area is 126 Å². The monoisotopic (exact) mass is 290 g/mol. The molecule has 0 aromatic carbocycles. The van der Waals surface area contributed by atoms with E-state index in [9.17, 15) is 0 Å². The van der Waals surface area contributed by atoms with E-state index in [4.69, 9.17) is 0 Å². The predicted molar refractivity (Wildman–Crippen MR) is 81.8 cm³/mol. The molecule has 2 aromatic heterocycles. The van der Waals surface area contributed by atoms with Crippen molar-refractivity contribution >= 4 is 0 Å². The van der Waals surface area contributed by atoms with Crippen LogP contribution in [-0.2, 0) is 19.5 Å². The van der Waals surface area contributed by atoms with Crippen LogP contribution in [0.1, 0.15) is 51.9 Å².